The first kappa shape index (κ1) is 22.4. The fourth-order valence-electron chi connectivity index (χ4n) is 3.23. The summed E-state index contributed by atoms with van der Waals surface area (Å²) in [6.45, 7) is 3.82. The number of anilines is 1. The number of fused-ring (bicyclic) bond motifs is 1. The third kappa shape index (κ3) is 4.53. The summed E-state index contributed by atoms with van der Waals surface area (Å²) >= 11 is 8.71. The van der Waals surface area contributed by atoms with E-state index in [9.17, 15) is 9.59 Å². The second kappa shape index (κ2) is 9.36. The molecule has 0 aliphatic heterocycles. The second-order valence-electron chi connectivity index (χ2n) is 7.15. The van der Waals surface area contributed by atoms with Gasteiger partial charge < -0.3 is 10.1 Å². The molecule has 0 saturated carbocycles. The van der Waals surface area contributed by atoms with Gasteiger partial charge in [-0.3, -0.25) is 14.2 Å². The van der Waals surface area contributed by atoms with Crippen molar-refractivity contribution in [2.24, 2.45) is 0 Å². The van der Waals surface area contributed by atoms with Crippen LogP contribution >= 0.6 is 34.7 Å². The van der Waals surface area contributed by atoms with E-state index in [0.29, 0.717) is 31.8 Å². The maximum Gasteiger partial charge on any atom is 0.276 e. The Labute approximate surface area is 198 Å². The van der Waals surface area contributed by atoms with Crippen LogP contribution in [0.15, 0.2) is 57.8 Å². The van der Waals surface area contributed by atoms with Gasteiger partial charge in [0.25, 0.3) is 5.56 Å². The standard InChI is InChI=1S/C23H20ClN3O3S2/c1-13-5-4-6-15(9-13)27-22(29)21-17(7-8-31-21)26-23(27)32-12-20(28)25-18-10-14(2)16(24)11-19(18)30-3/h4-11H,12H2,1-3H3,(H,25,28). The first-order valence-corrected chi connectivity index (χ1v) is 12.0. The van der Waals surface area contributed by atoms with Gasteiger partial charge in [-0.25, -0.2) is 4.98 Å². The summed E-state index contributed by atoms with van der Waals surface area (Å²) in [6.07, 6.45) is 0. The molecule has 1 amide bonds. The molecule has 164 valence electrons. The number of amides is 1. The maximum atomic E-state index is 13.2. The topological polar surface area (TPSA) is 73.2 Å². The smallest absolute Gasteiger partial charge is 0.276 e. The third-order valence-corrected chi connectivity index (χ3v) is 7.03. The number of benzene rings is 2. The van der Waals surface area contributed by atoms with E-state index < -0.39 is 0 Å². The van der Waals surface area contributed by atoms with E-state index in [4.69, 9.17) is 16.3 Å². The monoisotopic (exact) mass is 485 g/mol. The molecule has 0 bridgehead atoms. The molecule has 1 N–H and O–H groups in total. The molecule has 0 radical (unpaired) electrons. The number of methoxy groups -OCH3 is 1. The highest BCUT2D eigenvalue weighted by molar-refractivity contribution is 7.99. The Hall–Kier alpha value is -2.81. The lowest BCUT2D eigenvalue weighted by Crippen LogP contribution is -2.22. The zero-order valence-corrected chi connectivity index (χ0v) is 20.0. The Bertz CT molecular complexity index is 1380. The normalized spacial score (nSPS) is 11.0. The largest absolute Gasteiger partial charge is 0.495 e. The zero-order chi connectivity index (χ0) is 22.8. The van der Waals surface area contributed by atoms with E-state index in [2.05, 4.69) is 10.3 Å². The predicted octanol–water partition coefficient (Wildman–Crippen LogP) is 5.46. The summed E-state index contributed by atoms with van der Waals surface area (Å²) in [5, 5.41) is 5.72. The van der Waals surface area contributed by atoms with Gasteiger partial charge in [0, 0.05) is 11.1 Å². The van der Waals surface area contributed by atoms with Crippen LogP contribution in [0.5, 0.6) is 5.75 Å². The number of aryl methyl sites for hydroxylation is 2. The van der Waals surface area contributed by atoms with Crippen molar-refractivity contribution < 1.29 is 9.53 Å². The number of ether oxygens (including phenoxy) is 1. The first-order chi connectivity index (χ1) is 15.4. The van der Waals surface area contributed by atoms with Crippen molar-refractivity contribution in [3.8, 4) is 11.4 Å². The lowest BCUT2D eigenvalue weighted by atomic mass is 10.2. The number of carbonyl (C=O) groups is 1. The molecule has 32 heavy (non-hydrogen) atoms. The van der Waals surface area contributed by atoms with Gasteiger partial charge in [-0.15, -0.1) is 11.3 Å². The van der Waals surface area contributed by atoms with E-state index in [0.717, 1.165) is 16.8 Å². The summed E-state index contributed by atoms with van der Waals surface area (Å²) in [5.74, 6) is 0.303. The van der Waals surface area contributed by atoms with Gasteiger partial charge in [0.05, 0.1) is 29.8 Å². The molecule has 0 fully saturated rings. The predicted molar refractivity (Wildman–Crippen MR) is 132 cm³/mol. The van der Waals surface area contributed by atoms with Gasteiger partial charge in [-0.2, -0.15) is 0 Å². The van der Waals surface area contributed by atoms with Crippen LogP contribution in [-0.2, 0) is 4.79 Å². The Balaban J connectivity index is 1.64. The number of thiophene rings is 1. The van der Waals surface area contributed by atoms with Crippen LogP contribution in [0.1, 0.15) is 11.1 Å². The van der Waals surface area contributed by atoms with E-state index >= 15 is 0 Å². The molecule has 0 aliphatic carbocycles. The number of nitrogens with zero attached hydrogens (tertiary/aromatic N) is 2. The van der Waals surface area contributed by atoms with Gasteiger partial charge in [-0.1, -0.05) is 35.5 Å². The number of carbonyl (C=O) groups excluding carboxylic acids is 1. The van der Waals surface area contributed by atoms with E-state index in [1.165, 1.54) is 30.2 Å². The van der Waals surface area contributed by atoms with Gasteiger partial charge >= 0.3 is 0 Å². The number of hydrogen-bond acceptors (Lipinski definition) is 6. The number of aromatic nitrogens is 2. The number of nitrogens with one attached hydrogen (secondary N) is 1. The maximum absolute atomic E-state index is 13.2. The number of hydrogen-bond donors (Lipinski definition) is 1. The molecule has 0 spiro atoms. The highest BCUT2D eigenvalue weighted by Gasteiger charge is 2.17. The Morgan fingerprint density at radius 3 is 2.81 bits per heavy atom. The van der Waals surface area contributed by atoms with Crippen molar-refractivity contribution in [1.29, 1.82) is 0 Å². The number of thioether (sulfide) groups is 1. The Morgan fingerprint density at radius 2 is 2.06 bits per heavy atom. The van der Waals surface area contributed by atoms with Crippen molar-refractivity contribution in [2.45, 2.75) is 19.0 Å². The summed E-state index contributed by atoms with van der Waals surface area (Å²) in [4.78, 5) is 30.6. The van der Waals surface area contributed by atoms with Crippen LogP contribution in [0, 0.1) is 13.8 Å². The van der Waals surface area contributed by atoms with E-state index in [1.54, 1.807) is 16.7 Å². The highest BCUT2D eigenvalue weighted by Crippen LogP contribution is 2.31. The Morgan fingerprint density at radius 1 is 1.25 bits per heavy atom. The Kier molecular flexibility index (Phi) is 6.55. The third-order valence-electron chi connectivity index (χ3n) is 4.80. The zero-order valence-electron chi connectivity index (χ0n) is 17.6. The fraction of sp³-hybridized carbons (Fsp3) is 0.174. The van der Waals surface area contributed by atoms with Crippen molar-refractivity contribution in [3.05, 3.63) is 74.3 Å². The lowest BCUT2D eigenvalue weighted by Gasteiger charge is -2.14. The molecule has 4 aromatic rings. The van der Waals surface area contributed by atoms with Crippen molar-refractivity contribution >= 4 is 56.5 Å². The SMILES string of the molecule is COc1cc(Cl)c(C)cc1NC(=O)CSc1nc2ccsc2c(=O)n1-c1cccc(C)c1. The van der Waals surface area contributed by atoms with Crippen LogP contribution < -0.4 is 15.6 Å². The van der Waals surface area contributed by atoms with E-state index in [-0.39, 0.29) is 17.2 Å². The molecule has 0 atom stereocenters. The van der Waals surface area contributed by atoms with Crippen molar-refractivity contribution in [2.75, 3.05) is 18.2 Å². The molecule has 9 heteroatoms. The molecular formula is C23H20ClN3O3S2. The van der Waals surface area contributed by atoms with Gasteiger partial charge in [0.1, 0.15) is 10.4 Å². The summed E-state index contributed by atoms with van der Waals surface area (Å²) in [6, 6.07) is 12.9. The van der Waals surface area contributed by atoms with Crippen LogP contribution in [-0.4, -0.2) is 28.3 Å². The van der Waals surface area contributed by atoms with Crippen LogP contribution in [0.2, 0.25) is 5.02 Å². The number of halogens is 1. The summed E-state index contributed by atoms with van der Waals surface area (Å²) < 4.78 is 7.48. The summed E-state index contributed by atoms with van der Waals surface area (Å²) in [7, 11) is 1.52. The molecule has 4 rings (SSSR count). The average Bonchev–Trinajstić information content (AvgIpc) is 3.23. The second-order valence-corrected chi connectivity index (χ2v) is 9.41. The highest BCUT2D eigenvalue weighted by atomic mass is 35.5. The van der Waals surface area contributed by atoms with Crippen LogP contribution in [0.4, 0.5) is 5.69 Å². The van der Waals surface area contributed by atoms with Crippen molar-refractivity contribution in [1.82, 2.24) is 9.55 Å². The minimum Gasteiger partial charge on any atom is -0.495 e. The molecular weight excluding hydrogens is 466 g/mol. The fourth-order valence-corrected chi connectivity index (χ4v) is 4.96. The molecule has 0 unspecified atom stereocenters. The molecule has 2 aromatic heterocycles. The van der Waals surface area contributed by atoms with Crippen LogP contribution in [0.3, 0.4) is 0 Å². The molecule has 2 aromatic carbocycles. The quantitative estimate of drug-likeness (QED) is 0.290. The minimum atomic E-state index is -0.245. The number of rotatable bonds is 6. The van der Waals surface area contributed by atoms with Crippen molar-refractivity contribution in [3.63, 3.8) is 0 Å². The minimum absolute atomic E-state index is 0.0682. The molecule has 0 saturated heterocycles. The van der Waals surface area contributed by atoms with Gasteiger partial charge in [-0.05, 0) is 54.6 Å². The molecule has 0 aliphatic rings. The summed E-state index contributed by atoms with van der Waals surface area (Å²) in [5.41, 5.74) is 3.59. The molecule has 2 heterocycles. The van der Waals surface area contributed by atoms with Gasteiger partial charge in [0.15, 0.2) is 5.16 Å². The lowest BCUT2D eigenvalue weighted by molar-refractivity contribution is -0.113. The van der Waals surface area contributed by atoms with Crippen LogP contribution in [0.25, 0.3) is 15.9 Å². The molecule has 6 nitrogen and oxygen atoms in total. The first-order valence-electron chi connectivity index (χ1n) is 9.71. The van der Waals surface area contributed by atoms with E-state index in [1.807, 2.05) is 49.6 Å². The average molecular weight is 486 g/mol. The van der Waals surface area contributed by atoms with Gasteiger partial charge in [0.2, 0.25) is 5.91 Å².